The van der Waals surface area contributed by atoms with Crippen LogP contribution in [0.25, 0.3) is 10.9 Å². The van der Waals surface area contributed by atoms with Gasteiger partial charge in [-0.2, -0.15) is 0 Å². The number of hydrogen-bond acceptors (Lipinski definition) is 5. The molecule has 0 aliphatic heterocycles. The highest BCUT2D eigenvalue weighted by Gasteiger charge is 2.15. The molecule has 0 aliphatic rings. The number of nitrogens with one attached hydrogen (secondary N) is 1. The number of furan rings is 2. The first kappa shape index (κ1) is 17.8. The summed E-state index contributed by atoms with van der Waals surface area (Å²) in [5.74, 6) is 1.82. The Bertz CT molecular complexity index is 1200. The molecule has 142 valence electrons. The van der Waals surface area contributed by atoms with Crippen LogP contribution in [0.1, 0.15) is 33.3 Å². The van der Waals surface area contributed by atoms with Crippen molar-refractivity contribution in [3.8, 4) is 0 Å². The highest BCUT2D eigenvalue weighted by Crippen LogP contribution is 2.15. The maximum atomic E-state index is 12.9. The van der Waals surface area contributed by atoms with Crippen molar-refractivity contribution in [2.24, 2.45) is 0 Å². The minimum Gasteiger partial charge on any atom is -0.467 e. The molecule has 0 saturated heterocycles. The zero-order valence-corrected chi connectivity index (χ0v) is 15.6. The summed E-state index contributed by atoms with van der Waals surface area (Å²) in [6, 6.07) is 10.6. The summed E-state index contributed by atoms with van der Waals surface area (Å²) in [5.41, 5.74) is 1.25. The predicted octanol–water partition coefficient (Wildman–Crippen LogP) is 3.18. The third kappa shape index (κ3) is 3.46. The van der Waals surface area contributed by atoms with E-state index in [-0.39, 0.29) is 18.0 Å². The van der Waals surface area contributed by atoms with Crippen molar-refractivity contribution >= 4 is 16.8 Å². The molecule has 0 radical (unpaired) electrons. The largest absolute Gasteiger partial charge is 0.467 e. The van der Waals surface area contributed by atoms with Crippen LogP contribution in [-0.4, -0.2) is 15.5 Å². The summed E-state index contributed by atoms with van der Waals surface area (Å²) in [7, 11) is 0. The quantitative estimate of drug-likeness (QED) is 0.577. The molecule has 0 aromatic carbocycles. The zero-order chi connectivity index (χ0) is 19.7. The second-order valence-corrected chi connectivity index (χ2v) is 6.58. The van der Waals surface area contributed by atoms with E-state index in [0.29, 0.717) is 40.2 Å². The van der Waals surface area contributed by atoms with E-state index < -0.39 is 0 Å². The van der Waals surface area contributed by atoms with Crippen LogP contribution < -0.4 is 10.9 Å². The Balaban J connectivity index is 1.64. The number of hydrogen-bond donors (Lipinski definition) is 1. The monoisotopic (exact) mass is 377 g/mol. The predicted molar refractivity (Wildman–Crippen MR) is 103 cm³/mol. The molecule has 4 aromatic rings. The van der Waals surface area contributed by atoms with Crippen LogP contribution in [0.2, 0.25) is 0 Å². The van der Waals surface area contributed by atoms with Crippen molar-refractivity contribution in [3.63, 3.8) is 0 Å². The molecule has 0 unspecified atom stereocenters. The van der Waals surface area contributed by atoms with Crippen LogP contribution in [0.5, 0.6) is 0 Å². The van der Waals surface area contributed by atoms with Gasteiger partial charge in [-0.05, 0) is 50.2 Å². The van der Waals surface area contributed by atoms with E-state index in [1.165, 1.54) is 4.57 Å². The van der Waals surface area contributed by atoms with Crippen LogP contribution in [0.3, 0.4) is 0 Å². The smallest absolute Gasteiger partial charge is 0.260 e. The van der Waals surface area contributed by atoms with E-state index in [1.807, 2.05) is 19.1 Å². The molecule has 7 nitrogen and oxygen atoms in total. The van der Waals surface area contributed by atoms with E-state index in [9.17, 15) is 9.59 Å². The topological polar surface area (TPSA) is 90.3 Å². The molecular weight excluding hydrogens is 358 g/mol. The van der Waals surface area contributed by atoms with E-state index in [4.69, 9.17) is 8.83 Å². The number of fused-ring (bicyclic) bond motifs is 1. The highest BCUT2D eigenvalue weighted by atomic mass is 16.3. The maximum absolute atomic E-state index is 12.9. The Morgan fingerprint density at radius 3 is 2.75 bits per heavy atom. The number of pyridine rings is 2. The summed E-state index contributed by atoms with van der Waals surface area (Å²) < 4.78 is 12.3. The van der Waals surface area contributed by atoms with Crippen LogP contribution in [0.15, 0.2) is 62.5 Å². The van der Waals surface area contributed by atoms with Crippen LogP contribution in [0, 0.1) is 13.8 Å². The number of amides is 1. The Labute approximate surface area is 160 Å². The summed E-state index contributed by atoms with van der Waals surface area (Å²) in [4.78, 5) is 29.9. The van der Waals surface area contributed by atoms with Gasteiger partial charge in [0.15, 0.2) is 0 Å². The molecule has 1 amide bonds. The van der Waals surface area contributed by atoms with Crippen LogP contribution >= 0.6 is 0 Å². The first-order chi connectivity index (χ1) is 13.5. The van der Waals surface area contributed by atoms with Crippen molar-refractivity contribution in [1.82, 2.24) is 14.9 Å². The number of nitrogens with zero attached hydrogens (tertiary/aromatic N) is 2. The van der Waals surface area contributed by atoms with E-state index in [1.54, 1.807) is 43.6 Å². The van der Waals surface area contributed by atoms with Crippen LogP contribution in [-0.2, 0) is 13.1 Å². The fourth-order valence-electron chi connectivity index (χ4n) is 3.07. The second-order valence-electron chi connectivity index (χ2n) is 6.58. The summed E-state index contributed by atoms with van der Waals surface area (Å²) in [6.07, 6.45) is 3.24. The van der Waals surface area contributed by atoms with Gasteiger partial charge in [-0.3, -0.25) is 14.6 Å². The summed E-state index contributed by atoms with van der Waals surface area (Å²) >= 11 is 0. The number of aromatic nitrogens is 2. The lowest BCUT2D eigenvalue weighted by atomic mass is 10.1. The lowest BCUT2D eigenvalue weighted by Crippen LogP contribution is -2.25. The molecule has 4 aromatic heterocycles. The Morgan fingerprint density at radius 1 is 1.18 bits per heavy atom. The fourth-order valence-corrected chi connectivity index (χ4v) is 3.07. The zero-order valence-electron chi connectivity index (χ0n) is 15.6. The summed E-state index contributed by atoms with van der Waals surface area (Å²) in [5, 5.41) is 3.20. The standard InChI is InChI=1S/C21H19N3O4/c1-13-5-6-15(28-13)11-22-20(25)17-10-18-19(23-14(17)2)7-8-24(21(18)26)12-16-4-3-9-27-16/h3-10H,11-12H2,1-2H3,(H,22,25). The lowest BCUT2D eigenvalue weighted by molar-refractivity contribution is 0.0947. The number of aryl methyl sites for hydroxylation is 2. The van der Waals surface area contributed by atoms with Gasteiger partial charge in [-0.25, -0.2) is 0 Å². The first-order valence-corrected chi connectivity index (χ1v) is 8.88. The Kier molecular flexibility index (Phi) is 4.57. The highest BCUT2D eigenvalue weighted by molar-refractivity contribution is 5.98. The normalized spacial score (nSPS) is 11.1. The minimum atomic E-state index is -0.304. The SMILES string of the molecule is Cc1ccc(CNC(=O)c2cc3c(=O)n(Cc4ccco4)ccc3nc2C)o1. The number of rotatable bonds is 5. The van der Waals surface area contributed by atoms with Crippen molar-refractivity contribution < 1.29 is 13.6 Å². The van der Waals surface area contributed by atoms with Crippen molar-refractivity contribution in [2.75, 3.05) is 0 Å². The Morgan fingerprint density at radius 2 is 2.04 bits per heavy atom. The molecule has 28 heavy (non-hydrogen) atoms. The second kappa shape index (κ2) is 7.19. The molecule has 0 fully saturated rings. The van der Waals surface area contributed by atoms with Crippen molar-refractivity contribution in [3.05, 3.63) is 87.8 Å². The van der Waals surface area contributed by atoms with Gasteiger partial charge < -0.3 is 18.7 Å². The minimum absolute atomic E-state index is 0.225. The molecule has 7 heteroatoms. The molecule has 4 heterocycles. The third-order valence-electron chi connectivity index (χ3n) is 4.52. The number of carbonyl (C=O) groups is 1. The molecular formula is C21H19N3O4. The molecule has 4 rings (SSSR count). The van der Waals surface area contributed by atoms with Crippen molar-refractivity contribution in [2.45, 2.75) is 26.9 Å². The van der Waals surface area contributed by atoms with Gasteiger partial charge in [0.25, 0.3) is 11.5 Å². The van der Waals surface area contributed by atoms with Gasteiger partial charge in [-0.1, -0.05) is 0 Å². The van der Waals surface area contributed by atoms with Crippen LogP contribution in [0.4, 0.5) is 0 Å². The molecule has 0 aliphatic carbocycles. The van der Waals surface area contributed by atoms with Crippen molar-refractivity contribution in [1.29, 1.82) is 0 Å². The van der Waals surface area contributed by atoms with Gasteiger partial charge >= 0.3 is 0 Å². The maximum Gasteiger partial charge on any atom is 0.260 e. The molecule has 0 bridgehead atoms. The molecule has 0 spiro atoms. The van der Waals surface area contributed by atoms with E-state index in [0.717, 1.165) is 5.76 Å². The van der Waals surface area contributed by atoms with Gasteiger partial charge in [0.05, 0.1) is 41.5 Å². The summed E-state index contributed by atoms with van der Waals surface area (Å²) in [6.45, 7) is 4.17. The van der Waals surface area contributed by atoms with Gasteiger partial charge in [0, 0.05) is 6.20 Å². The van der Waals surface area contributed by atoms with Gasteiger partial charge in [-0.15, -0.1) is 0 Å². The van der Waals surface area contributed by atoms with Gasteiger partial charge in [0.2, 0.25) is 0 Å². The fraction of sp³-hybridized carbons (Fsp3) is 0.190. The molecule has 1 N–H and O–H groups in total. The lowest BCUT2D eigenvalue weighted by Gasteiger charge is -2.10. The Hall–Kier alpha value is -3.61. The first-order valence-electron chi connectivity index (χ1n) is 8.88. The molecule has 0 atom stereocenters. The van der Waals surface area contributed by atoms with E-state index >= 15 is 0 Å². The average Bonchev–Trinajstić information content (AvgIpc) is 3.33. The molecule has 0 saturated carbocycles. The van der Waals surface area contributed by atoms with Gasteiger partial charge in [0.1, 0.15) is 17.3 Å². The number of carbonyl (C=O) groups excluding carboxylic acids is 1. The average molecular weight is 377 g/mol. The van der Waals surface area contributed by atoms with E-state index in [2.05, 4.69) is 10.3 Å². The third-order valence-corrected chi connectivity index (χ3v) is 4.52.